The third-order valence-corrected chi connectivity index (χ3v) is 2.47. The maximum absolute atomic E-state index is 9.06. The molecule has 82 valence electrons. The Morgan fingerprint density at radius 3 is 2.94 bits per heavy atom. The van der Waals surface area contributed by atoms with E-state index in [1.165, 1.54) is 0 Å². The van der Waals surface area contributed by atoms with E-state index < -0.39 is 0 Å². The summed E-state index contributed by atoms with van der Waals surface area (Å²) in [6.07, 6.45) is 7.42. The van der Waals surface area contributed by atoms with Gasteiger partial charge in [-0.15, -0.1) is 12.3 Å². The zero-order valence-electron chi connectivity index (χ0n) is 9.27. The molecule has 3 nitrogen and oxygen atoms in total. The highest BCUT2D eigenvalue weighted by Gasteiger charge is 2.07. The van der Waals surface area contributed by atoms with E-state index in [9.17, 15) is 0 Å². The molecule has 1 aromatic heterocycles. The zero-order valence-corrected chi connectivity index (χ0v) is 9.27. The van der Waals surface area contributed by atoms with Gasteiger partial charge in [-0.05, 0) is 6.07 Å². The molecule has 3 heteroatoms. The van der Waals surface area contributed by atoms with Gasteiger partial charge in [0.25, 0.3) is 0 Å². The smallest absolute Gasteiger partial charge is 0.103 e. The van der Waals surface area contributed by atoms with E-state index >= 15 is 0 Å². The molecule has 0 aliphatic rings. The average Bonchev–Trinajstić information content (AvgIpc) is 2.39. The first-order valence-corrected chi connectivity index (χ1v) is 5.32. The van der Waals surface area contributed by atoms with Gasteiger partial charge in [0.05, 0.1) is 16.8 Å². The molecule has 0 aliphatic carbocycles. The Morgan fingerprint density at radius 1 is 1.35 bits per heavy atom. The maximum atomic E-state index is 9.06. The van der Waals surface area contributed by atoms with Crippen molar-refractivity contribution in [3.63, 3.8) is 0 Å². The van der Waals surface area contributed by atoms with Crippen LogP contribution in [0.3, 0.4) is 0 Å². The zero-order chi connectivity index (χ0) is 12.1. The average molecular weight is 221 g/mol. The van der Waals surface area contributed by atoms with Gasteiger partial charge in [-0.1, -0.05) is 18.2 Å². The number of para-hydroxylation sites is 1. The lowest BCUT2D eigenvalue weighted by Crippen LogP contribution is -2.03. The number of hydrogen-bond acceptors (Lipinski definition) is 3. The van der Waals surface area contributed by atoms with Crippen molar-refractivity contribution in [2.75, 3.05) is 11.9 Å². The number of benzene rings is 1. The summed E-state index contributed by atoms with van der Waals surface area (Å²) in [5, 5.41) is 13.2. The Labute approximate surface area is 100 Å². The summed E-state index contributed by atoms with van der Waals surface area (Å²) in [4.78, 5) is 4.24. The minimum atomic E-state index is 0.542. The number of nitriles is 1. The lowest BCUT2D eigenvalue weighted by atomic mass is 10.1. The van der Waals surface area contributed by atoms with E-state index in [-0.39, 0.29) is 0 Å². The van der Waals surface area contributed by atoms with Gasteiger partial charge in [-0.25, -0.2) is 0 Å². The fraction of sp³-hybridized carbons (Fsp3) is 0.143. The molecule has 17 heavy (non-hydrogen) atoms. The van der Waals surface area contributed by atoms with Gasteiger partial charge >= 0.3 is 0 Å². The van der Waals surface area contributed by atoms with Crippen molar-refractivity contribution in [3.8, 4) is 18.4 Å². The predicted molar refractivity (Wildman–Crippen MR) is 68.4 cm³/mol. The molecule has 1 aromatic carbocycles. The van der Waals surface area contributed by atoms with Crippen LogP contribution < -0.4 is 5.32 Å². The highest BCUT2D eigenvalue weighted by Crippen LogP contribution is 2.25. The standard InChI is InChI=1S/C14H11N3/c1-2-3-8-16-14-11(9-15)10-17-13-7-5-4-6-12(13)14/h1,4-7,10H,3,8H2,(H,16,17). The first kappa shape index (κ1) is 11.0. The third-order valence-electron chi connectivity index (χ3n) is 2.47. The topological polar surface area (TPSA) is 48.7 Å². The molecule has 0 fully saturated rings. The molecular formula is C14H11N3. The molecule has 0 radical (unpaired) electrons. The Balaban J connectivity index is 2.49. The van der Waals surface area contributed by atoms with E-state index in [0.29, 0.717) is 18.5 Å². The molecule has 2 rings (SSSR count). The summed E-state index contributed by atoms with van der Waals surface area (Å²) < 4.78 is 0. The van der Waals surface area contributed by atoms with Crippen molar-refractivity contribution in [1.82, 2.24) is 4.98 Å². The number of anilines is 1. The minimum Gasteiger partial charge on any atom is -0.382 e. The SMILES string of the molecule is C#CCCNc1c(C#N)cnc2ccccc12. The van der Waals surface area contributed by atoms with Crippen LogP contribution in [0.25, 0.3) is 10.9 Å². The van der Waals surface area contributed by atoms with Crippen molar-refractivity contribution in [3.05, 3.63) is 36.0 Å². The summed E-state index contributed by atoms with van der Waals surface area (Å²) in [6.45, 7) is 0.652. The van der Waals surface area contributed by atoms with Crippen molar-refractivity contribution >= 4 is 16.6 Å². The summed E-state index contributed by atoms with van der Waals surface area (Å²) in [5.74, 6) is 2.56. The monoisotopic (exact) mass is 221 g/mol. The van der Waals surface area contributed by atoms with E-state index in [0.717, 1.165) is 16.6 Å². The van der Waals surface area contributed by atoms with Crippen LogP contribution in [0.5, 0.6) is 0 Å². The van der Waals surface area contributed by atoms with Crippen molar-refractivity contribution in [2.45, 2.75) is 6.42 Å². The molecular weight excluding hydrogens is 210 g/mol. The highest BCUT2D eigenvalue weighted by atomic mass is 14.9. The molecule has 0 spiro atoms. The second-order valence-corrected chi connectivity index (χ2v) is 3.56. The fourth-order valence-electron chi connectivity index (χ4n) is 1.68. The van der Waals surface area contributed by atoms with Gasteiger partial charge in [-0.3, -0.25) is 4.98 Å². The fourth-order valence-corrected chi connectivity index (χ4v) is 1.68. The summed E-state index contributed by atoms with van der Waals surface area (Å²) in [7, 11) is 0. The second-order valence-electron chi connectivity index (χ2n) is 3.56. The van der Waals surface area contributed by atoms with E-state index in [2.05, 4.69) is 22.3 Å². The number of nitrogens with zero attached hydrogens (tertiary/aromatic N) is 2. The Hall–Kier alpha value is -2.52. The maximum Gasteiger partial charge on any atom is 0.103 e. The van der Waals surface area contributed by atoms with Crippen LogP contribution in [0.2, 0.25) is 0 Å². The summed E-state index contributed by atoms with van der Waals surface area (Å²) in [6, 6.07) is 9.85. The lowest BCUT2D eigenvalue weighted by Gasteiger charge is -2.09. The van der Waals surface area contributed by atoms with Crippen molar-refractivity contribution in [1.29, 1.82) is 5.26 Å². The predicted octanol–water partition coefficient (Wildman–Crippen LogP) is 2.54. The van der Waals surface area contributed by atoms with Gasteiger partial charge in [0.1, 0.15) is 6.07 Å². The Bertz CT molecular complexity index is 617. The van der Waals surface area contributed by atoms with Gasteiger partial charge in [0, 0.05) is 24.5 Å². The number of fused-ring (bicyclic) bond motifs is 1. The van der Waals surface area contributed by atoms with Crippen LogP contribution in [0.1, 0.15) is 12.0 Å². The van der Waals surface area contributed by atoms with Crippen LogP contribution in [0.4, 0.5) is 5.69 Å². The molecule has 0 saturated carbocycles. The van der Waals surface area contributed by atoms with E-state index in [1.54, 1.807) is 6.20 Å². The lowest BCUT2D eigenvalue weighted by molar-refractivity contribution is 1.10. The number of aromatic nitrogens is 1. The normalized spacial score (nSPS) is 9.53. The molecule has 1 heterocycles. The third kappa shape index (κ3) is 2.19. The number of terminal acetylenes is 1. The Kier molecular flexibility index (Phi) is 3.23. The van der Waals surface area contributed by atoms with Crippen LogP contribution in [0.15, 0.2) is 30.5 Å². The molecule has 1 N–H and O–H groups in total. The van der Waals surface area contributed by atoms with E-state index in [4.69, 9.17) is 11.7 Å². The van der Waals surface area contributed by atoms with Gasteiger partial charge in [0.2, 0.25) is 0 Å². The number of hydrogen-bond donors (Lipinski definition) is 1. The first-order chi connectivity index (χ1) is 8.36. The second kappa shape index (κ2) is 5.01. The van der Waals surface area contributed by atoms with Gasteiger partial charge < -0.3 is 5.32 Å². The molecule has 2 aromatic rings. The number of nitrogens with one attached hydrogen (secondary N) is 1. The largest absolute Gasteiger partial charge is 0.382 e. The van der Waals surface area contributed by atoms with Crippen molar-refractivity contribution < 1.29 is 0 Å². The molecule has 0 bridgehead atoms. The van der Waals surface area contributed by atoms with Crippen LogP contribution in [-0.4, -0.2) is 11.5 Å². The molecule has 0 atom stereocenters. The minimum absolute atomic E-state index is 0.542. The van der Waals surface area contributed by atoms with Gasteiger partial charge in [-0.2, -0.15) is 5.26 Å². The Morgan fingerprint density at radius 2 is 2.18 bits per heavy atom. The quantitative estimate of drug-likeness (QED) is 0.640. The van der Waals surface area contributed by atoms with Gasteiger partial charge in [0.15, 0.2) is 0 Å². The van der Waals surface area contributed by atoms with Crippen LogP contribution >= 0.6 is 0 Å². The van der Waals surface area contributed by atoms with Crippen LogP contribution in [-0.2, 0) is 0 Å². The van der Waals surface area contributed by atoms with Crippen LogP contribution in [0, 0.1) is 23.7 Å². The van der Waals surface area contributed by atoms with E-state index in [1.807, 2.05) is 24.3 Å². The summed E-state index contributed by atoms with van der Waals surface area (Å²) in [5.41, 5.74) is 2.23. The number of pyridine rings is 1. The highest BCUT2D eigenvalue weighted by molar-refractivity contribution is 5.93. The summed E-state index contributed by atoms with van der Waals surface area (Å²) >= 11 is 0. The van der Waals surface area contributed by atoms with Crippen molar-refractivity contribution in [2.24, 2.45) is 0 Å². The first-order valence-electron chi connectivity index (χ1n) is 5.32. The molecule has 0 aliphatic heterocycles. The molecule has 0 unspecified atom stereocenters. The number of rotatable bonds is 3. The molecule has 0 saturated heterocycles. The molecule has 0 amide bonds.